The third kappa shape index (κ3) is 1.65. The van der Waals surface area contributed by atoms with Crippen molar-refractivity contribution in [3.63, 3.8) is 0 Å². The Morgan fingerprint density at radius 2 is 2.46 bits per heavy atom. The Hall–Kier alpha value is -1.10. The molecule has 5 nitrogen and oxygen atoms in total. The third-order valence-electron chi connectivity index (χ3n) is 2.61. The summed E-state index contributed by atoms with van der Waals surface area (Å²) in [4.78, 5) is 11.2. The molecule has 2 N–H and O–H groups in total. The predicted molar refractivity (Wildman–Crippen MR) is 48.6 cm³/mol. The van der Waals surface area contributed by atoms with Gasteiger partial charge in [0.2, 0.25) is 0 Å². The van der Waals surface area contributed by atoms with Gasteiger partial charge in [-0.15, -0.1) is 0 Å². The van der Waals surface area contributed by atoms with Gasteiger partial charge in [-0.2, -0.15) is 5.10 Å². The van der Waals surface area contributed by atoms with E-state index in [1.54, 1.807) is 10.9 Å². The van der Waals surface area contributed by atoms with Crippen molar-refractivity contribution >= 4 is 0 Å². The van der Waals surface area contributed by atoms with Gasteiger partial charge in [0.05, 0.1) is 6.04 Å². The molecule has 5 heteroatoms. The first-order valence-electron chi connectivity index (χ1n) is 4.62. The normalized spacial score (nSPS) is 29.0. The van der Waals surface area contributed by atoms with Crippen LogP contribution in [0.2, 0.25) is 0 Å². The number of aromatic amines is 1. The van der Waals surface area contributed by atoms with Crippen molar-refractivity contribution in [2.45, 2.75) is 31.8 Å². The summed E-state index contributed by atoms with van der Waals surface area (Å²) in [5, 5.41) is 9.47. The first kappa shape index (κ1) is 8.50. The molecular weight excluding hydrogens is 168 g/mol. The van der Waals surface area contributed by atoms with Gasteiger partial charge in [0.1, 0.15) is 6.33 Å². The monoisotopic (exact) mass is 182 g/mol. The van der Waals surface area contributed by atoms with Gasteiger partial charge in [0.25, 0.3) is 0 Å². The molecule has 2 rings (SSSR count). The molecular formula is C8H14N4O. The molecule has 0 bridgehead atoms. The van der Waals surface area contributed by atoms with Crippen LogP contribution in [0.5, 0.6) is 0 Å². The van der Waals surface area contributed by atoms with Crippen LogP contribution >= 0.6 is 0 Å². The fraction of sp³-hybridized carbons (Fsp3) is 0.750. The minimum atomic E-state index is -0.110. The minimum Gasteiger partial charge on any atom is -0.312 e. The fourth-order valence-corrected chi connectivity index (χ4v) is 1.74. The molecule has 2 atom stereocenters. The van der Waals surface area contributed by atoms with Crippen molar-refractivity contribution in [1.29, 1.82) is 0 Å². The average Bonchev–Trinajstić information content (AvgIpc) is 2.53. The lowest BCUT2D eigenvalue weighted by atomic mass is 10.0. The molecule has 72 valence electrons. The molecule has 1 aliphatic heterocycles. The molecule has 2 unspecified atom stereocenters. The Morgan fingerprint density at radius 3 is 3.00 bits per heavy atom. The van der Waals surface area contributed by atoms with Crippen molar-refractivity contribution in [3.8, 4) is 0 Å². The average molecular weight is 182 g/mol. The van der Waals surface area contributed by atoms with Crippen molar-refractivity contribution in [2.24, 2.45) is 0 Å². The van der Waals surface area contributed by atoms with Crippen LogP contribution in [-0.4, -0.2) is 27.4 Å². The maximum absolute atomic E-state index is 11.2. The van der Waals surface area contributed by atoms with Crippen molar-refractivity contribution < 1.29 is 0 Å². The van der Waals surface area contributed by atoms with Crippen LogP contribution < -0.4 is 11.0 Å². The number of piperidine rings is 1. The summed E-state index contributed by atoms with van der Waals surface area (Å²) < 4.78 is 1.67. The zero-order valence-electron chi connectivity index (χ0n) is 7.66. The molecule has 1 aromatic rings. The first-order valence-corrected chi connectivity index (χ1v) is 4.62. The van der Waals surface area contributed by atoms with E-state index in [-0.39, 0.29) is 11.7 Å². The molecule has 1 aliphatic rings. The number of hydrogen-bond donors (Lipinski definition) is 2. The molecule has 2 heterocycles. The molecule has 1 fully saturated rings. The van der Waals surface area contributed by atoms with Crippen LogP contribution in [0.25, 0.3) is 0 Å². The second-order valence-electron chi connectivity index (χ2n) is 3.61. The van der Waals surface area contributed by atoms with Crippen LogP contribution in [0, 0.1) is 0 Å². The molecule has 0 amide bonds. The lowest BCUT2D eigenvalue weighted by Crippen LogP contribution is -2.40. The second-order valence-corrected chi connectivity index (χ2v) is 3.61. The van der Waals surface area contributed by atoms with Crippen molar-refractivity contribution in [1.82, 2.24) is 20.1 Å². The van der Waals surface area contributed by atoms with Crippen molar-refractivity contribution in [3.05, 3.63) is 16.8 Å². The van der Waals surface area contributed by atoms with Gasteiger partial charge >= 0.3 is 5.69 Å². The standard InChI is InChI=1S/C8H14N4O/c1-6-2-3-7(4-9-6)12-5-10-11-8(12)13/h5-7,9H,2-4H2,1H3,(H,11,13). The maximum atomic E-state index is 11.2. The predicted octanol–water partition coefficient (Wildman–Crippen LogP) is -0.116. The Balaban J connectivity index is 2.11. The molecule has 0 spiro atoms. The van der Waals surface area contributed by atoms with Crippen LogP contribution in [-0.2, 0) is 0 Å². The van der Waals surface area contributed by atoms with E-state index < -0.39 is 0 Å². The molecule has 1 saturated heterocycles. The summed E-state index contributed by atoms with van der Waals surface area (Å²) in [6.07, 6.45) is 3.74. The summed E-state index contributed by atoms with van der Waals surface area (Å²) in [6, 6.07) is 0.835. The van der Waals surface area contributed by atoms with E-state index in [9.17, 15) is 4.79 Å². The number of H-pyrrole nitrogens is 1. The zero-order valence-corrected chi connectivity index (χ0v) is 7.66. The highest BCUT2D eigenvalue weighted by Gasteiger charge is 2.19. The highest BCUT2D eigenvalue weighted by molar-refractivity contribution is 4.81. The summed E-state index contributed by atoms with van der Waals surface area (Å²) in [5.41, 5.74) is -0.110. The topological polar surface area (TPSA) is 62.7 Å². The Bertz CT molecular complexity index is 321. The number of rotatable bonds is 1. The van der Waals surface area contributed by atoms with E-state index >= 15 is 0 Å². The summed E-state index contributed by atoms with van der Waals surface area (Å²) in [6.45, 7) is 3.02. The van der Waals surface area contributed by atoms with Crippen LogP contribution in [0.4, 0.5) is 0 Å². The minimum absolute atomic E-state index is 0.110. The molecule has 1 aromatic heterocycles. The second kappa shape index (κ2) is 3.33. The lowest BCUT2D eigenvalue weighted by Gasteiger charge is -2.27. The van der Waals surface area contributed by atoms with Gasteiger partial charge in [-0.3, -0.25) is 4.57 Å². The van der Waals surface area contributed by atoms with E-state index in [0.717, 1.165) is 19.4 Å². The Labute approximate surface area is 76.2 Å². The van der Waals surface area contributed by atoms with Gasteiger partial charge in [-0.1, -0.05) is 0 Å². The van der Waals surface area contributed by atoms with Gasteiger partial charge in [-0.05, 0) is 19.8 Å². The van der Waals surface area contributed by atoms with E-state index in [4.69, 9.17) is 0 Å². The summed E-state index contributed by atoms with van der Waals surface area (Å²) in [7, 11) is 0. The van der Waals surface area contributed by atoms with Gasteiger partial charge in [0, 0.05) is 12.6 Å². The third-order valence-corrected chi connectivity index (χ3v) is 2.61. The zero-order chi connectivity index (χ0) is 9.26. The number of nitrogens with zero attached hydrogens (tertiary/aromatic N) is 2. The van der Waals surface area contributed by atoms with Crippen LogP contribution in [0.3, 0.4) is 0 Å². The number of aromatic nitrogens is 3. The highest BCUT2D eigenvalue weighted by Crippen LogP contribution is 2.16. The molecule has 13 heavy (non-hydrogen) atoms. The highest BCUT2D eigenvalue weighted by atomic mass is 16.1. The van der Waals surface area contributed by atoms with Crippen LogP contribution in [0.15, 0.2) is 11.1 Å². The van der Waals surface area contributed by atoms with Gasteiger partial charge in [0.15, 0.2) is 0 Å². The largest absolute Gasteiger partial charge is 0.343 e. The maximum Gasteiger partial charge on any atom is 0.343 e. The summed E-state index contributed by atoms with van der Waals surface area (Å²) >= 11 is 0. The van der Waals surface area contributed by atoms with Gasteiger partial charge < -0.3 is 5.32 Å². The Kier molecular flexibility index (Phi) is 2.18. The molecule has 0 radical (unpaired) electrons. The van der Waals surface area contributed by atoms with E-state index in [0.29, 0.717) is 6.04 Å². The lowest BCUT2D eigenvalue weighted by molar-refractivity contribution is 0.316. The smallest absolute Gasteiger partial charge is 0.312 e. The molecule has 0 aliphatic carbocycles. The van der Waals surface area contributed by atoms with Crippen molar-refractivity contribution in [2.75, 3.05) is 6.54 Å². The molecule has 0 aromatic carbocycles. The van der Waals surface area contributed by atoms with Gasteiger partial charge in [-0.25, -0.2) is 9.89 Å². The van der Waals surface area contributed by atoms with E-state index in [2.05, 4.69) is 22.4 Å². The van der Waals surface area contributed by atoms with E-state index in [1.807, 2.05) is 0 Å². The van der Waals surface area contributed by atoms with E-state index in [1.165, 1.54) is 0 Å². The summed E-state index contributed by atoms with van der Waals surface area (Å²) in [5.74, 6) is 0. The Morgan fingerprint density at radius 1 is 1.62 bits per heavy atom. The number of nitrogens with one attached hydrogen (secondary N) is 2. The molecule has 0 saturated carbocycles. The number of hydrogen-bond acceptors (Lipinski definition) is 3. The van der Waals surface area contributed by atoms with Crippen LogP contribution in [0.1, 0.15) is 25.8 Å². The first-order chi connectivity index (χ1) is 6.27. The quantitative estimate of drug-likeness (QED) is 0.636. The SMILES string of the molecule is CC1CCC(n2cn[nH]c2=O)CN1. The fourth-order valence-electron chi connectivity index (χ4n) is 1.74.